The molecule has 0 aliphatic heterocycles. The van der Waals surface area contributed by atoms with E-state index in [1.165, 1.54) is 11.1 Å². The maximum Gasteiger partial charge on any atom is 0.149 e. The molecule has 2 aromatic carbocycles. The SMILES string of the molecule is CCCC(CC)(Oc1ccccc1C(C)(C)C)POCCCCOPC(CC)(CCC)Oc1ccccc1C(C)(C)C. The van der Waals surface area contributed by atoms with Crippen LogP contribution in [-0.4, -0.2) is 23.9 Å². The molecule has 0 aromatic heterocycles. The minimum atomic E-state index is -0.282. The van der Waals surface area contributed by atoms with Crippen molar-refractivity contribution in [2.24, 2.45) is 0 Å². The molecule has 2 rings (SSSR count). The Morgan fingerprint density at radius 1 is 0.548 bits per heavy atom. The molecule has 0 saturated carbocycles. The highest BCUT2D eigenvalue weighted by molar-refractivity contribution is 7.34. The van der Waals surface area contributed by atoms with Crippen molar-refractivity contribution >= 4 is 17.6 Å². The van der Waals surface area contributed by atoms with Gasteiger partial charge >= 0.3 is 0 Å². The summed E-state index contributed by atoms with van der Waals surface area (Å²) in [5.41, 5.74) is 2.55. The van der Waals surface area contributed by atoms with Gasteiger partial charge in [0.05, 0.1) is 30.8 Å². The van der Waals surface area contributed by atoms with E-state index in [-0.39, 0.29) is 21.5 Å². The zero-order valence-corrected chi connectivity index (χ0v) is 30.3. The first-order valence-corrected chi connectivity index (χ1v) is 18.0. The highest BCUT2D eigenvalue weighted by Gasteiger charge is 2.34. The predicted molar refractivity (Wildman–Crippen MR) is 185 cm³/mol. The van der Waals surface area contributed by atoms with Crippen molar-refractivity contribution in [2.45, 2.75) is 142 Å². The van der Waals surface area contributed by atoms with Crippen LogP contribution in [0.1, 0.15) is 132 Å². The number of rotatable bonds is 19. The van der Waals surface area contributed by atoms with Crippen molar-refractivity contribution in [3.63, 3.8) is 0 Å². The third-order valence-electron chi connectivity index (χ3n) is 7.71. The highest BCUT2D eigenvalue weighted by atomic mass is 31.1. The molecular formula is C36H60O4P2. The zero-order valence-electron chi connectivity index (χ0n) is 28.3. The molecule has 0 radical (unpaired) electrons. The molecule has 6 heteroatoms. The zero-order chi connectivity index (χ0) is 31.3. The van der Waals surface area contributed by atoms with Crippen molar-refractivity contribution in [2.75, 3.05) is 13.2 Å². The average Bonchev–Trinajstić information content (AvgIpc) is 2.94. The quantitative estimate of drug-likeness (QED) is 0.116. The van der Waals surface area contributed by atoms with E-state index >= 15 is 0 Å². The van der Waals surface area contributed by atoms with Gasteiger partial charge in [0.25, 0.3) is 0 Å². The Kier molecular flexibility index (Phi) is 15.3. The topological polar surface area (TPSA) is 36.9 Å². The average molecular weight is 619 g/mol. The van der Waals surface area contributed by atoms with E-state index in [1.54, 1.807) is 0 Å². The van der Waals surface area contributed by atoms with Crippen LogP contribution in [0.15, 0.2) is 48.5 Å². The van der Waals surface area contributed by atoms with Crippen LogP contribution < -0.4 is 9.47 Å². The standard InChI is InChI=1S/C36H60O4P2/c1-11-25-35(13-3,39-31-23-17-15-21-29(31)33(5,6)7)41-37-27-19-20-28-38-42-36(14-4,26-12-2)40-32-24-18-16-22-30(32)34(8,9)10/h15-18,21-24,41-42H,11-14,19-20,25-28H2,1-10H3. The van der Waals surface area contributed by atoms with Crippen LogP contribution in [0.3, 0.4) is 0 Å². The minimum absolute atomic E-state index is 0.0282. The first-order valence-electron chi connectivity index (χ1n) is 16.2. The van der Waals surface area contributed by atoms with E-state index in [4.69, 9.17) is 18.5 Å². The molecule has 42 heavy (non-hydrogen) atoms. The summed E-state index contributed by atoms with van der Waals surface area (Å²) in [7, 11) is 0.610. The number of benzene rings is 2. The first-order chi connectivity index (χ1) is 19.9. The van der Waals surface area contributed by atoms with Gasteiger partial charge in [0.1, 0.15) is 22.2 Å². The molecular weight excluding hydrogens is 558 g/mol. The van der Waals surface area contributed by atoms with Crippen LogP contribution in [0.4, 0.5) is 0 Å². The van der Waals surface area contributed by atoms with E-state index in [2.05, 4.69) is 118 Å². The van der Waals surface area contributed by atoms with Gasteiger partial charge in [-0.1, -0.05) is 118 Å². The number of hydrogen-bond donors (Lipinski definition) is 0. The van der Waals surface area contributed by atoms with Gasteiger partial charge < -0.3 is 18.5 Å². The largest absolute Gasteiger partial charge is 0.480 e. The molecule has 2 aromatic rings. The van der Waals surface area contributed by atoms with Crippen LogP contribution in [0, 0.1) is 0 Å². The smallest absolute Gasteiger partial charge is 0.149 e. The van der Waals surface area contributed by atoms with Crippen LogP contribution in [0.5, 0.6) is 11.5 Å². The van der Waals surface area contributed by atoms with Crippen molar-refractivity contribution in [1.82, 2.24) is 0 Å². The molecule has 0 spiro atoms. The lowest BCUT2D eigenvalue weighted by atomic mass is 9.86. The van der Waals surface area contributed by atoms with Crippen LogP contribution in [0.25, 0.3) is 0 Å². The van der Waals surface area contributed by atoms with E-state index in [1.807, 2.05) is 0 Å². The van der Waals surface area contributed by atoms with Gasteiger partial charge in [0, 0.05) is 0 Å². The van der Waals surface area contributed by atoms with Gasteiger partial charge in [-0.05, 0) is 72.6 Å². The fourth-order valence-corrected chi connectivity index (χ4v) is 7.50. The molecule has 0 amide bonds. The second-order valence-electron chi connectivity index (χ2n) is 13.5. The van der Waals surface area contributed by atoms with Gasteiger partial charge in [0.15, 0.2) is 0 Å². The van der Waals surface area contributed by atoms with E-state index in [0.717, 1.165) is 76.1 Å². The van der Waals surface area contributed by atoms with Crippen molar-refractivity contribution in [1.29, 1.82) is 0 Å². The first kappa shape index (κ1) is 37.0. The molecule has 0 N–H and O–H groups in total. The Labute approximate surface area is 262 Å². The lowest BCUT2D eigenvalue weighted by molar-refractivity contribution is 0.125. The summed E-state index contributed by atoms with van der Waals surface area (Å²) in [6.07, 6.45) is 7.91. The van der Waals surface area contributed by atoms with Crippen molar-refractivity contribution in [3.8, 4) is 11.5 Å². The summed E-state index contributed by atoms with van der Waals surface area (Å²) >= 11 is 0. The predicted octanol–water partition coefficient (Wildman–Crippen LogP) is 11.6. The summed E-state index contributed by atoms with van der Waals surface area (Å²) in [5.74, 6) is 1.98. The van der Waals surface area contributed by atoms with E-state index < -0.39 is 0 Å². The van der Waals surface area contributed by atoms with E-state index in [0.29, 0.717) is 17.6 Å². The second kappa shape index (κ2) is 17.3. The summed E-state index contributed by atoms with van der Waals surface area (Å²) in [6.45, 7) is 23.8. The lowest BCUT2D eigenvalue weighted by Gasteiger charge is -2.35. The fourth-order valence-electron chi connectivity index (χ4n) is 5.18. The third kappa shape index (κ3) is 11.4. The lowest BCUT2D eigenvalue weighted by Crippen LogP contribution is -2.31. The summed E-state index contributed by atoms with van der Waals surface area (Å²) < 4.78 is 26.2. The van der Waals surface area contributed by atoms with Gasteiger partial charge in [0.2, 0.25) is 0 Å². The molecule has 0 heterocycles. The Morgan fingerprint density at radius 3 is 1.21 bits per heavy atom. The molecule has 0 aliphatic rings. The number of para-hydroxylation sites is 2. The van der Waals surface area contributed by atoms with E-state index in [9.17, 15) is 0 Å². The monoisotopic (exact) mass is 618 g/mol. The molecule has 0 fully saturated rings. The Balaban J connectivity index is 1.90. The number of unbranched alkanes of at least 4 members (excludes halogenated alkanes) is 1. The minimum Gasteiger partial charge on any atom is -0.480 e. The fraction of sp³-hybridized carbons (Fsp3) is 0.667. The van der Waals surface area contributed by atoms with Gasteiger partial charge in [-0.3, -0.25) is 0 Å². The van der Waals surface area contributed by atoms with Crippen LogP contribution >= 0.6 is 17.6 Å². The Bertz CT molecular complexity index is 962. The van der Waals surface area contributed by atoms with Gasteiger partial charge in [-0.15, -0.1) is 0 Å². The summed E-state index contributed by atoms with van der Waals surface area (Å²) in [5, 5.41) is -0.564. The van der Waals surface area contributed by atoms with Crippen molar-refractivity contribution in [3.05, 3.63) is 59.7 Å². The Hall–Kier alpha value is -1.18. The second-order valence-corrected chi connectivity index (χ2v) is 16.3. The Morgan fingerprint density at radius 2 is 0.905 bits per heavy atom. The third-order valence-corrected chi connectivity index (χ3v) is 10.6. The maximum atomic E-state index is 6.80. The highest BCUT2D eigenvalue weighted by Crippen LogP contribution is 2.46. The summed E-state index contributed by atoms with van der Waals surface area (Å²) in [6, 6.07) is 17.0. The molecule has 4 unspecified atom stereocenters. The van der Waals surface area contributed by atoms with Gasteiger partial charge in [-0.2, -0.15) is 0 Å². The molecule has 0 aliphatic carbocycles. The number of hydrogen-bond acceptors (Lipinski definition) is 4. The molecule has 0 saturated heterocycles. The molecule has 238 valence electrons. The molecule has 4 atom stereocenters. The normalized spacial score (nSPS) is 15.8. The van der Waals surface area contributed by atoms with Gasteiger partial charge in [-0.25, -0.2) is 0 Å². The van der Waals surface area contributed by atoms with Crippen molar-refractivity contribution < 1.29 is 18.5 Å². The summed E-state index contributed by atoms with van der Waals surface area (Å²) in [4.78, 5) is 0. The van der Waals surface area contributed by atoms with Crippen LogP contribution in [-0.2, 0) is 19.9 Å². The van der Waals surface area contributed by atoms with Crippen LogP contribution in [0.2, 0.25) is 0 Å². The molecule has 4 nitrogen and oxygen atoms in total. The maximum absolute atomic E-state index is 6.80. The molecule has 0 bridgehead atoms. The number of ether oxygens (including phenoxy) is 2.